The number of aromatic nitrogens is 2. The number of nitrogens with two attached hydrogens (primary N) is 1. The van der Waals surface area contributed by atoms with E-state index in [1.807, 2.05) is 30.3 Å². The van der Waals surface area contributed by atoms with Crippen LogP contribution < -0.4 is 10.6 Å². The second kappa shape index (κ2) is 6.79. The van der Waals surface area contributed by atoms with Crippen LogP contribution >= 0.6 is 0 Å². The summed E-state index contributed by atoms with van der Waals surface area (Å²) in [6.07, 6.45) is 4.73. The lowest BCUT2D eigenvalue weighted by Crippen LogP contribution is -2.15. The van der Waals surface area contributed by atoms with Gasteiger partial charge in [-0.1, -0.05) is 6.07 Å². The van der Waals surface area contributed by atoms with E-state index in [2.05, 4.69) is 14.9 Å². The standard InChI is InChI=1S/C21H19FN4O/c1-13-9-15(12-25-20(13)22)10-14-5-7-24-19(11-14)26-8-6-16-17(21(23)27)3-2-4-18(16)26/h2-5,7,9,11-12H,6,8,10H2,1H3,(H2,23,27). The lowest BCUT2D eigenvalue weighted by Gasteiger charge is -2.19. The molecule has 0 bridgehead atoms. The summed E-state index contributed by atoms with van der Waals surface area (Å²) in [6.45, 7) is 2.45. The van der Waals surface area contributed by atoms with Gasteiger partial charge in [0, 0.05) is 35.8 Å². The summed E-state index contributed by atoms with van der Waals surface area (Å²) in [6, 6.07) is 11.4. The van der Waals surface area contributed by atoms with Crippen LogP contribution in [-0.2, 0) is 12.8 Å². The minimum Gasteiger partial charge on any atom is -0.366 e. The van der Waals surface area contributed by atoms with E-state index in [0.29, 0.717) is 17.5 Å². The van der Waals surface area contributed by atoms with E-state index >= 15 is 0 Å². The van der Waals surface area contributed by atoms with Gasteiger partial charge >= 0.3 is 0 Å². The molecule has 27 heavy (non-hydrogen) atoms. The zero-order valence-electron chi connectivity index (χ0n) is 14.9. The molecule has 2 N–H and O–H groups in total. The molecule has 1 aliphatic heterocycles. The molecule has 0 spiro atoms. The zero-order chi connectivity index (χ0) is 19.0. The molecule has 1 aromatic carbocycles. The van der Waals surface area contributed by atoms with E-state index in [0.717, 1.165) is 41.2 Å². The van der Waals surface area contributed by atoms with Crippen LogP contribution in [0, 0.1) is 12.9 Å². The van der Waals surface area contributed by atoms with Crippen molar-refractivity contribution in [1.29, 1.82) is 0 Å². The monoisotopic (exact) mass is 362 g/mol. The van der Waals surface area contributed by atoms with Crippen LogP contribution in [-0.4, -0.2) is 22.4 Å². The molecule has 0 aliphatic carbocycles. The maximum atomic E-state index is 13.4. The van der Waals surface area contributed by atoms with Crippen molar-refractivity contribution in [3.63, 3.8) is 0 Å². The van der Waals surface area contributed by atoms with E-state index in [4.69, 9.17) is 5.73 Å². The first-order valence-electron chi connectivity index (χ1n) is 8.78. The Labute approximate surface area is 156 Å². The Bertz CT molecular complexity index is 1030. The second-order valence-corrected chi connectivity index (χ2v) is 6.72. The van der Waals surface area contributed by atoms with Gasteiger partial charge in [0.15, 0.2) is 0 Å². The van der Waals surface area contributed by atoms with Crippen molar-refractivity contribution in [2.24, 2.45) is 5.73 Å². The number of amides is 1. The quantitative estimate of drug-likeness (QED) is 0.723. The highest BCUT2D eigenvalue weighted by Gasteiger charge is 2.25. The van der Waals surface area contributed by atoms with Gasteiger partial charge in [0.05, 0.1) is 0 Å². The first-order chi connectivity index (χ1) is 13.0. The van der Waals surface area contributed by atoms with Crippen molar-refractivity contribution >= 4 is 17.4 Å². The highest BCUT2D eigenvalue weighted by molar-refractivity contribution is 5.96. The van der Waals surface area contributed by atoms with Crippen molar-refractivity contribution in [1.82, 2.24) is 9.97 Å². The number of rotatable bonds is 4. The molecule has 1 amide bonds. The minimum atomic E-state index is -0.437. The number of benzene rings is 1. The highest BCUT2D eigenvalue weighted by atomic mass is 19.1. The molecule has 5 nitrogen and oxygen atoms in total. The Morgan fingerprint density at radius 1 is 1.22 bits per heavy atom. The summed E-state index contributed by atoms with van der Waals surface area (Å²) >= 11 is 0. The maximum absolute atomic E-state index is 13.4. The predicted molar refractivity (Wildman–Crippen MR) is 102 cm³/mol. The van der Waals surface area contributed by atoms with E-state index < -0.39 is 11.9 Å². The number of aryl methyl sites for hydroxylation is 1. The Morgan fingerprint density at radius 2 is 2.07 bits per heavy atom. The van der Waals surface area contributed by atoms with Gasteiger partial charge in [0.25, 0.3) is 0 Å². The first kappa shape index (κ1) is 17.1. The Hall–Kier alpha value is -3.28. The van der Waals surface area contributed by atoms with Crippen LogP contribution in [0.5, 0.6) is 0 Å². The zero-order valence-corrected chi connectivity index (χ0v) is 14.9. The number of carbonyl (C=O) groups is 1. The number of hydrogen-bond acceptors (Lipinski definition) is 4. The number of fused-ring (bicyclic) bond motifs is 1. The number of hydrogen-bond donors (Lipinski definition) is 1. The molecular weight excluding hydrogens is 343 g/mol. The number of halogens is 1. The molecule has 6 heteroatoms. The van der Waals surface area contributed by atoms with Gasteiger partial charge in [0.1, 0.15) is 5.82 Å². The maximum Gasteiger partial charge on any atom is 0.249 e. The number of nitrogens with zero attached hydrogens (tertiary/aromatic N) is 3. The van der Waals surface area contributed by atoms with Crippen molar-refractivity contribution in [2.75, 3.05) is 11.4 Å². The Balaban J connectivity index is 1.64. The molecule has 3 aromatic rings. The molecule has 3 heterocycles. The minimum absolute atomic E-state index is 0.408. The second-order valence-electron chi connectivity index (χ2n) is 6.72. The normalized spacial score (nSPS) is 12.9. The lowest BCUT2D eigenvalue weighted by molar-refractivity contribution is 0.0999. The fourth-order valence-corrected chi connectivity index (χ4v) is 3.57. The average molecular weight is 362 g/mol. The molecule has 0 saturated carbocycles. The molecular formula is C21H19FN4O. The van der Waals surface area contributed by atoms with Gasteiger partial charge in [-0.25, -0.2) is 9.97 Å². The van der Waals surface area contributed by atoms with Gasteiger partial charge in [-0.3, -0.25) is 4.79 Å². The highest BCUT2D eigenvalue weighted by Crippen LogP contribution is 2.35. The number of primary amides is 1. The van der Waals surface area contributed by atoms with Crippen molar-refractivity contribution in [3.05, 3.63) is 82.6 Å². The average Bonchev–Trinajstić information content (AvgIpc) is 3.09. The van der Waals surface area contributed by atoms with Gasteiger partial charge < -0.3 is 10.6 Å². The fraction of sp³-hybridized carbons (Fsp3) is 0.190. The van der Waals surface area contributed by atoms with Crippen LogP contribution in [0.25, 0.3) is 0 Å². The van der Waals surface area contributed by atoms with Crippen LogP contribution in [0.4, 0.5) is 15.9 Å². The van der Waals surface area contributed by atoms with Gasteiger partial charge in [0.2, 0.25) is 11.9 Å². The summed E-state index contributed by atoms with van der Waals surface area (Å²) in [5.74, 6) is -0.0256. The Morgan fingerprint density at radius 3 is 2.85 bits per heavy atom. The van der Waals surface area contributed by atoms with Crippen molar-refractivity contribution in [3.8, 4) is 0 Å². The third-order valence-electron chi connectivity index (χ3n) is 4.86. The van der Waals surface area contributed by atoms with Crippen molar-refractivity contribution in [2.45, 2.75) is 19.8 Å². The molecule has 0 fully saturated rings. The van der Waals surface area contributed by atoms with E-state index in [1.54, 1.807) is 25.4 Å². The molecule has 0 atom stereocenters. The fourth-order valence-electron chi connectivity index (χ4n) is 3.57. The molecule has 2 aromatic heterocycles. The van der Waals surface area contributed by atoms with Crippen molar-refractivity contribution < 1.29 is 9.18 Å². The SMILES string of the molecule is Cc1cc(Cc2ccnc(N3CCc4c(C(N)=O)cccc43)c2)cnc1F. The molecule has 0 radical (unpaired) electrons. The van der Waals surface area contributed by atoms with Gasteiger partial charge in [-0.15, -0.1) is 0 Å². The molecule has 136 valence electrons. The number of pyridine rings is 2. The summed E-state index contributed by atoms with van der Waals surface area (Å²) in [4.78, 5) is 22.1. The summed E-state index contributed by atoms with van der Waals surface area (Å²) in [5, 5.41) is 0. The summed E-state index contributed by atoms with van der Waals surface area (Å²) in [7, 11) is 0. The Kier molecular flexibility index (Phi) is 4.32. The number of anilines is 2. The topological polar surface area (TPSA) is 72.1 Å². The van der Waals surface area contributed by atoms with Crippen LogP contribution in [0.15, 0.2) is 48.8 Å². The molecule has 1 aliphatic rings. The third kappa shape index (κ3) is 3.26. The van der Waals surface area contributed by atoms with Gasteiger partial charge in [-0.05, 0) is 66.8 Å². The summed E-state index contributed by atoms with van der Waals surface area (Å²) < 4.78 is 13.4. The van der Waals surface area contributed by atoms with Gasteiger partial charge in [-0.2, -0.15) is 4.39 Å². The lowest BCUT2D eigenvalue weighted by atomic mass is 10.0. The summed E-state index contributed by atoms with van der Waals surface area (Å²) in [5.41, 5.74) is 10.5. The smallest absolute Gasteiger partial charge is 0.249 e. The largest absolute Gasteiger partial charge is 0.366 e. The van der Waals surface area contributed by atoms with E-state index in [1.165, 1.54) is 0 Å². The molecule has 0 unspecified atom stereocenters. The number of carbonyl (C=O) groups excluding carboxylic acids is 1. The molecule has 4 rings (SSSR count). The van der Waals surface area contributed by atoms with Crippen LogP contribution in [0.3, 0.4) is 0 Å². The van der Waals surface area contributed by atoms with Crippen LogP contribution in [0.2, 0.25) is 0 Å². The predicted octanol–water partition coefficient (Wildman–Crippen LogP) is 3.31. The first-order valence-corrected chi connectivity index (χ1v) is 8.78. The van der Waals surface area contributed by atoms with E-state index in [-0.39, 0.29) is 0 Å². The molecule has 0 saturated heterocycles. The van der Waals surface area contributed by atoms with E-state index in [9.17, 15) is 9.18 Å². The van der Waals surface area contributed by atoms with Crippen LogP contribution in [0.1, 0.15) is 32.6 Å². The third-order valence-corrected chi connectivity index (χ3v) is 4.86.